The number of allylic oxidation sites excluding steroid dienone is 2. The van der Waals surface area contributed by atoms with Crippen molar-refractivity contribution >= 4 is 45.2 Å². The first-order valence-corrected chi connectivity index (χ1v) is 14.8. The second kappa shape index (κ2) is 9.91. The van der Waals surface area contributed by atoms with Gasteiger partial charge in [0.1, 0.15) is 0 Å². The molecule has 0 bridgehead atoms. The Morgan fingerprint density at radius 3 is 2.38 bits per heavy atom. The number of fused-ring (bicyclic) bond motifs is 1. The molecule has 206 valence electrons. The van der Waals surface area contributed by atoms with Gasteiger partial charge in [0.05, 0.1) is 34.3 Å². The largest absolute Gasteiger partial charge is 0.495 e. The van der Waals surface area contributed by atoms with E-state index < -0.39 is 28.3 Å². The third-order valence-corrected chi connectivity index (χ3v) is 9.84. The summed E-state index contributed by atoms with van der Waals surface area (Å²) in [6.07, 6.45) is 5.15. The zero-order valence-electron chi connectivity index (χ0n) is 23.4. The van der Waals surface area contributed by atoms with Crippen LogP contribution in [0.3, 0.4) is 0 Å². The van der Waals surface area contributed by atoms with E-state index in [1.54, 1.807) is 37.4 Å². The molecule has 0 spiro atoms. The van der Waals surface area contributed by atoms with Crippen molar-refractivity contribution in [1.29, 1.82) is 0 Å². The summed E-state index contributed by atoms with van der Waals surface area (Å²) in [6, 6.07) is 10.5. The lowest BCUT2D eigenvalue weighted by atomic mass is 9.77. The maximum atomic E-state index is 14.1. The zero-order chi connectivity index (χ0) is 28.2. The van der Waals surface area contributed by atoms with Gasteiger partial charge in [-0.3, -0.25) is 4.79 Å². The zero-order valence-corrected chi connectivity index (χ0v) is 24.2. The standard InChI is InChI=1S/C29H35BN2O6S/c1-7-36-27(33)21-12-10-20(11-13-21)25-18-23-24(30-37-28(3,4)29(5,6)38-30)16-17-31-26(23)32(25)39(34,35)22-14-8-19(2)9-15-22/h8-10,14-18,21H,7,11-13H2,1-6H3. The van der Waals surface area contributed by atoms with Crippen LogP contribution in [-0.2, 0) is 28.9 Å². The van der Waals surface area contributed by atoms with Gasteiger partial charge >= 0.3 is 13.1 Å². The summed E-state index contributed by atoms with van der Waals surface area (Å²) in [5, 5.41) is 0.648. The Hall–Kier alpha value is -2.95. The average molecular weight is 550 g/mol. The third-order valence-electron chi connectivity index (χ3n) is 8.12. The van der Waals surface area contributed by atoms with Crippen LogP contribution in [0.25, 0.3) is 16.6 Å². The topological polar surface area (TPSA) is 96.7 Å². The van der Waals surface area contributed by atoms with Crippen LogP contribution >= 0.6 is 0 Å². The van der Waals surface area contributed by atoms with Gasteiger partial charge in [-0.05, 0) is 96.1 Å². The van der Waals surface area contributed by atoms with E-state index in [9.17, 15) is 13.2 Å². The Morgan fingerprint density at radius 2 is 1.79 bits per heavy atom. The van der Waals surface area contributed by atoms with Gasteiger partial charge in [-0.15, -0.1) is 0 Å². The number of pyridine rings is 1. The molecule has 1 fully saturated rings. The minimum Gasteiger partial charge on any atom is -0.466 e. The normalized spacial score (nSPS) is 20.7. The number of aryl methyl sites for hydroxylation is 1. The van der Waals surface area contributed by atoms with Gasteiger partial charge in [0.25, 0.3) is 10.0 Å². The number of carbonyl (C=O) groups is 1. The molecule has 2 aromatic heterocycles. The van der Waals surface area contributed by atoms with E-state index >= 15 is 0 Å². The van der Waals surface area contributed by atoms with E-state index in [-0.39, 0.29) is 16.8 Å². The molecule has 0 radical (unpaired) electrons. The quantitative estimate of drug-likeness (QED) is 0.326. The van der Waals surface area contributed by atoms with E-state index in [1.807, 2.05) is 52.8 Å². The number of carbonyl (C=O) groups excluding carboxylic acids is 1. The van der Waals surface area contributed by atoms with Gasteiger partial charge < -0.3 is 14.0 Å². The summed E-state index contributed by atoms with van der Waals surface area (Å²) in [7, 11) is -4.68. The smallest absolute Gasteiger partial charge is 0.466 e. The van der Waals surface area contributed by atoms with Crippen LogP contribution in [0.5, 0.6) is 0 Å². The van der Waals surface area contributed by atoms with Crippen molar-refractivity contribution in [2.75, 3.05) is 6.61 Å². The monoisotopic (exact) mass is 550 g/mol. The van der Waals surface area contributed by atoms with Crippen LogP contribution in [0.15, 0.2) is 53.6 Å². The first-order valence-electron chi connectivity index (χ1n) is 13.4. The van der Waals surface area contributed by atoms with E-state index in [2.05, 4.69) is 4.98 Å². The summed E-state index contributed by atoms with van der Waals surface area (Å²) in [4.78, 5) is 17.1. The van der Waals surface area contributed by atoms with E-state index in [4.69, 9.17) is 14.0 Å². The minimum absolute atomic E-state index is 0.176. The summed E-state index contributed by atoms with van der Waals surface area (Å²) in [5.74, 6) is -0.455. The van der Waals surface area contributed by atoms with Gasteiger partial charge in [0.2, 0.25) is 0 Å². The molecule has 0 saturated carbocycles. The fourth-order valence-corrected chi connectivity index (χ4v) is 6.59. The van der Waals surface area contributed by atoms with Crippen LogP contribution in [-0.4, -0.2) is 48.3 Å². The van der Waals surface area contributed by atoms with Gasteiger partial charge in [-0.1, -0.05) is 23.8 Å². The number of benzene rings is 1. The van der Waals surface area contributed by atoms with Crippen molar-refractivity contribution in [2.24, 2.45) is 5.92 Å². The Morgan fingerprint density at radius 1 is 1.13 bits per heavy atom. The molecular weight excluding hydrogens is 515 g/mol. The molecule has 5 rings (SSSR count). The van der Waals surface area contributed by atoms with Crippen molar-refractivity contribution in [3.8, 4) is 0 Å². The van der Waals surface area contributed by atoms with Crippen molar-refractivity contribution in [2.45, 2.75) is 76.9 Å². The number of aromatic nitrogens is 2. The summed E-state index contributed by atoms with van der Waals surface area (Å²) in [5.41, 5.74) is 2.27. The highest BCUT2D eigenvalue weighted by molar-refractivity contribution is 7.90. The fourth-order valence-electron chi connectivity index (χ4n) is 5.09. The maximum Gasteiger partial charge on any atom is 0.495 e. The molecule has 10 heteroatoms. The second-order valence-corrected chi connectivity index (χ2v) is 13.1. The van der Waals surface area contributed by atoms with Crippen molar-refractivity contribution in [3.63, 3.8) is 0 Å². The van der Waals surface area contributed by atoms with E-state index in [0.717, 1.165) is 16.6 Å². The lowest BCUT2D eigenvalue weighted by Gasteiger charge is -2.32. The number of rotatable bonds is 6. The summed E-state index contributed by atoms with van der Waals surface area (Å²) < 4.78 is 47.5. The fraction of sp³-hybridized carbons (Fsp3) is 0.448. The molecule has 0 N–H and O–H groups in total. The molecule has 2 aliphatic rings. The van der Waals surface area contributed by atoms with E-state index in [0.29, 0.717) is 42.6 Å². The van der Waals surface area contributed by atoms with Crippen molar-refractivity contribution < 1.29 is 27.3 Å². The van der Waals surface area contributed by atoms with Crippen LogP contribution in [0.4, 0.5) is 0 Å². The van der Waals surface area contributed by atoms with Crippen molar-refractivity contribution in [1.82, 2.24) is 8.96 Å². The van der Waals surface area contributed by atoms with Crippen LogP contribution in [0, 0.1) is 12.8 Å². The Bertz CT molecular complexity index is 1540. The molecular formula is C29H35BN2O6S. The minimum atomic E-state index is -4.00. The molecule has 1 saturated heterocycles. The lowest BCUT2D eigenvalue weighted by molar-refractivity contribution is -0.148. The number of hydrogen-bond acceptors (Lipinski definition) is 7. The van der Waals surface area contributed by atoms with Crippen LogP contribution in [0.1, 0.15) is 65.1 Å². The summed E-state index contributed by atoms with van der Waals surface area (Å²) in [6.45, 7) is 12.0. The highest BCUT2D eigenvalue weighted by Gasteiger charge is 2.52. The maximum absolute atomic E-state index is 14.1. The SMILES string of the molecule is CCOC(=O)C1CC=C(c2cc3c(B4OC(C)(C)C(C)(C)O4)ccnc3n2S(=O)(=O)c2ccc(C)cc2)CC1. The second-order valence-electron chi connectivity index (χ2n) is 11.3. The van der Waals surface area contributed by atoms with Crippen molar-refractivity contribution in [3.05, 3.63) is 59.9 Å². The average Bonchev–Trinajstić information content (AvgIpc) is 3.38. The number of esters is 1. The highest BCUT2D eigenvalue weighted by atomic mass is 32.2. The molecule has 3 aromatic rings. The number of hydrogen-bond donors (Lipinski definition) is 0. The van der Waals surface area contributed by atoms with Gasteiger partial charge in [0, 0.05) is 11.6 Å². The Kier molecular flexibility index (Phi) is 7.02. The molecule has 1 aliphatic heterocycles. The molecule has 0 amide bonds. The molecule has 1 atom stereocenters. The van der Waals surface area contributed by atoms with Gasteiger partial charge in [0.15, 0.2) is 5.65 Å². The summed E-state index contributed by atoms with van der Waals surface area (Å²) >= 11 is 0. The first kappa shape index (κ1) is 27.6. The molecule has 1 aliphatic carbocycles. The third kappa shape index (κ3) is 4.83. The Balaban J connectivity index is 1.67. The lowest BCUT2D eigenvalue weighted by Crippen LogP contribution is -2.41. The van der Waals surface area contributed by atoms with Gasteiger partial charge in [-0.2, -0.15) is 0 Å². The van der Waals surface area contributed by atoms with Crippen LogP contribution in [0.2, 0.25) is 0 Å². The molecule has 1 unspecified atom stereocenters. The predicted octanol–water partition coefficient (Wildman–Crippen LogP) is 4.63. The number of nitrogens with zero attached hydrogens (tertiary/aromatic N) is 2. The van der Waals surface area contributed by atoms with Gasteiger partial charge in [-0.25, -0.2) is 17.4 Å². The molecule has 1 aromatic carbocycles. The van der Waals surface area contributed by atoms with Crippen LogP contribution < -0.4 is 5.46 Å². The molecule has 8 nitrogen and oxygen atoms in total. The highest BCUT2D eigenvalue weighted by Crippen LogP contribution is 2.39. The number of ether oxygens (including phenoxy) is 1. The molecule has 39 heavy (non-hydrogen) atoms. The first-order chi connectivity index (χ1) is 18.4. The molecule has 3 heterocycles. The van der Waals surface area contributed by atoms with E-state index in [1.165, 1.54) is 3.97 Å². The Labute approximate surface area is 230 Å². The predicted molar refractivity (Wildman–Crippen MR) is 151 cm³/mol.